The van der Waals surface area contributed by atoms with Gasteiger partial charge in [0.15, 0.2) is 0 Å². The summed E-state index contributed by atoms with van der Waals surface area (Å²) in [6, 6.07) is 17.3. The number of amides is 1. The molecule has 3 nitrogen and oxygen atoms in total. The first-order valence-electron chi connectivity index (χ1n) is 5.58. The monoisotopic (exact) mass is 236 g/mol. The third-order valence-electron chi connectivity index (χ3n) is 2.56. The smallest absolute Gasteiger partial charge is 0.221 e. The van der Waals surface area contributed by atoms with Crippen LogP contribution in [-0.2, 0) is 4.79 Å². The van der Waals surface area contributed by atoms with Gasteiger partial charge in [-0.25, -0.2) is 0 Å². The van der Waals surface area contributed by atoms with Gasteiger partial charge < -0.3 is 5.32 Å². The van der Waals surface area contributed by atoms with Crippen LogP contribution < -0.4 is 5.32 Å². The number of carbonyl (C=O) groups is 1. The van der Waals surface area contributed by atoms with Gasteiger partial charge in [0.2, 0.25) is 5.91 Å². The second-order valence-electron chi connectivity index (χ2n) is 3.92. The van der Waals surface area contributed by atoms with E-state index in [1.807, 2.05) is 36.4 Å². The van der Waals surface area contributed by atoms with Crippen molar-refractivity contribution in [2.75, 3.05) is 5.32 Å². The Labute approximate surface area is 106 Å². The molecule has 0 bridgehead atoms. The number of carbonyl (C=O) groups excluding carboxylic acids is 1. The van der Waals surface area contributed by atoms with E-state index in [0.717, 1.165) is 11.1 Å². The Morgan fingerprint density at radius 2 is 1.83 bits per heavy atom. The Morgan fingerprint density at radius 3 is 2.44 bits per heavy atom. The number of nitrogens with one attached hydrogen (secondary N) is 1. The molecule has 0 aliphatic rings. The highest BCUT2D eigenvalue weighted by Crippen LogP contribution is 2.24. The van der Waals surface area contributed by atoms with Crippen molar-refractivity contribution in [1.29, 1.82) is 5.26 Å². The molecule has 0 aliphatic heterocycles. The van der Waals surface area contributed by atoms with Crippen molar-refractivity contribution >= 4 is 11.6 Å². The summed E-state index contributed by atoms with van der Waals surface area (Å²) in [5.41, 5.74) is 3.01. The van der Waals surface area contributed by atoms with E-state index >= 15 is 0 Å². The van der Waals surface area contributed by atoms with Crippen LogP contribution in [-0.4, -0.2) is 5.91 Å². The number of hydrogen-bond acceptors (Lipinski definition) is 2. The molecule has 0 aliphatic carbocycles. The molecular weight excluding hydrogens is 224 g/mol. The van der Waals surface area contributed by atoms with Crippen LogP contribution in [0.2, 0.25) is 0 Å². The summed E-state index contributed by atoms with van der Waals surface area (Å²) < 4.78 is 0. The molecule has 0 aromatic heterocycles. The SMILES string of the molecule is CC(=O)Nc1ccc(-c2ccccc2)cc1C#N. The standard InChI is InChI=1S/C15H12N2O/c1-11(18)17-15-8-7-13(9-14(15)10-16)12-5-3-2-4-6-12/h2-9H,1H3,(H,17,18). The molecule has 0 spiro atoms. The van der Waals surface area contributed by atoms with Gasteiger partial charge in [0.25, 0.3) is 0 Å². The number of nitrogens with zero attached hydrogens (tertiary/aromatic N) is 1. The number of rotatable bonds is 2. The first-order chi connectivity index (χ1) is 8.70. The van der Waals surface area contributed by atoms with Gasteiger partial charge in [0.05, 0.1) is 11.3 Å². The van der Waals surface area contributed by atoms with Crippen molar-refractivity contribution < 1.29 is 4.79 Å². The molecule has 0 saturated carbocycles. The maximum Gasteiger partial charge on any atom is 0.221 e. The maximum atomic E-state index is 11.0. The van der Waals surface area contributed by atoms with Gasteiger partial charge in [-0.3, -0.25) is 4.79 Å². The van der Waals surface area contributed by atoms with Gasteiger partial charge in [-0.2, -0.15) is 5.26 Å². The molecule has 3 heteroatoms. The van der Waals surface area contributed by atoms with Crippen LogP contribution in [0, 0.1) is 11.3 Å². The topological polar surface area (TPSA) is 52.9 Å². The fraction of sp³-hybridized carbons (Fsp3) is 0.0667. The molecule has 88 valence electrons. The van der Waals surface area contributed by atoms with Crippen LogP contribution in [0.4, 0.5) is 5.69 Å². The molecule has 1 N–H and O–H groups in total. The predicted molar refractivity (Wildman–Crippen MR) is 70.9 cm³/mol. The highest BCUT2D eigenvalue weighted by atomic mass is 16.1. The Morgan fingerprint density at radius 1 is 1.11 bits per heavy atom. The van der Waals surface area contributed by atoms with Crippen LogP contribution in [0.3, 0.4) is 0 Å². The van der Waals surface area contributed by atoms with E-state index in [4.69, 9.17) is 5.26 Å². The normalized spacial score (nSPS) is 9.56. The Bertz CT molecular complexity index is 612. The van der Waals surface area contributed by atoms with Crippen molar-refractivity contribution in [1.82, 2.24) is 0 Å². The van der Waals surface area contributed by atoms with Crippen LogP contribution in [0.15, 0.2) is 48.5 Å². The highest BCUT2D eigenvalue weighted by Gasteiger charge is 2.05. The average molecular weight is 236 g/mol. The second-order valence-corrected chi connectivity index (χ2v) is 3.92. The lowest BCUT2D eigenvalue weighted by molar-refractivity contribution is -0.114. The molecule has 2 aromatic carbocycles. The zero-order chi connectivity index (χ0) is 13.0. The number of nitriles is 1. The zero-order valence-electron chi connectivity index (χ0n) is 9.97. The fourth-order valence-electron chi connectivity index (χ4n) is 1.75. The van der Waals surface area contributed by atoms with E-state index in [1.54, 1.807) is 12.1 Å². The number of hydrogen-bond donors (Lipinski definition) is 1. The lowest BCUT2D eigenvalue weighted by Gasteiger charge is -2.07. The first kappa shape index (κ1) is 11.9. The molecule has 0 atom stereocenters. The van der Waals surface area contributed by atoms with Crippen molar-refractivity contribution in [3.05, 3.63) is 54.1 Å². The van der Waals surface area contributed by atoms with Crippen LogP contribution >= 0.6 is 0 Å². The van der Waals surface area contributed by atoms with Gasteiger partial charge in [-0.1, -0.05) is 36.4 Å². The third kappa shape index (κ3) is 2.55. The Hall–Kier alpha value is -2.60. The van der Waals surface area contributed by atoms with Gasteiger partial charge >= 0.3 is 0 Å². The molecule has 18 heavy (non-hydrogen) atoms. The average Bonchev–Trinajstić information content (AvgIpc) is 2.39. The fourth-order valence-corrected chi connectivity index (χ4v) is 1.75. The number of anilines is 1. The quantitative estimate of drug-likeness (QED) is 0.870. The molecule has 0 radical (unpaired) electrons. The van der Waals surface area contributed by atoms with Crippen molar-refractivity contribution in [2.45, 2.75) is 6.92 Å². The molecule has 2 aromatic rings. The molecule has 0 fully saturated rings. The molecule has 0 saturated heterocycles. The van der Waals surface area contributed by atoms with E-state index < -0.39 is 0 Å². The second kappa shape index (κ2) is 5.15. The van der Waals surface area contributed by atoms with Gasteiger partial charge in [-0.05, 0) is 23.3 Å². The van der Waals surface area contributed by atoms with Gasteiger partial charge in [-0.15, -0.1) is 0 Å². The minimum atomic E-state index is -0.182. The lowest BCUT2D eigenvalue weighted by atomic mass is 10.0. The van der Waals surface area contributed by atoms with E-state index in [0.29, 0.717) is 11.3 Å². The van der Waals surface area contributed by atoms with E-state index in [1.165, 1.54) is 6.92 Å². The summed E-state index contributed by atoms with van der Waals surface area (Å²) in [4.78, 5) is 11.0. The van der Waals surface area contributed by atoms with Gasteiger partial charge in [0, 0.05) is 6.92 Å². The minimum Gasteiger partial charge on any atom is -0.325 e. The lowest BCUT2D eigenvalue weighted by Crippen LogP contribution is -2.07. The largest absolute Gasteiger partial charge is 0.325 e. The molecule has 0 unspecified atom stereocenters. The summed E-state index contributed by atoms with van der Waals surface area (Å²) in [6.07, 6.45) is 0. The van der Waals surface area contributed by atoms with E-state index in [9.17, 15) is 4.79 Å². The van der Waals surface area contributed by atoms with Crippen molar-refractivity contribution in [3.8, 4) is 17.2 Å². The molecule has 2 rings (SSSR count). The van der Waals surface area contributed by atoms with E-state index in [2.05, 4.69) is 11.4 Å². The third-order valence-corrected chi connectivity index (χ3v) is 2.56. The summed E-state index contributed by atoms with van der Waals surface area (Å²) in [7, 11) is 0. The number of benzene rings is 2. The van der Waals surface area contributed by atoms with Crippen molar-refractivity contribution in [3.63, 3.8) is 0 Å². The minimum absolute atomic E-state index is 0.182. The summed E-state index contributed by atoms with van der Waals surface area (Å²) in [5, 5.41) is 11.7. The van der Waals surface area contributed by atoms with Crippen LogP contribution in [0.1, 0.15) is 12.5 Å². The highest BCUT2D eigenvalue weighted by molar-refractivity contribution is 5.90. The molecular formula is C15H12N2O. The first-order valence-corrected chi connectivity index (χ1v) is 5.58. The molecule has 1 amide bonds. The Kier molecular flexibility index (Phi) is 3.40. The van der Waals surface area contributed by atoms with Crippen LogP contribution in [0.25, 0.3) is 11.1 Å². The maximum absolute atomic E-state index is 11.0. The Balaban J connectivity index is 2.43. The summed E-state index contributed by atoms with van der Waals surface area (Å²) in [6.45, 7) is 1.42. The summed E-state index contributed by atoms with van der Waals surface area (Å²) >= 11 is 0. The predicted octanol–water partition coefficient (Wildman–Crippen LogP) is 3.18. The van der Waals surface area contributed by atoms with Gasteiger partial charge in [0.1, 0.15) is 6.07 Å². The van der Waals surface area contributed by atoms with Crippen molar-refractivity contribution in [2.24, 2.45) is 0 Å². The zero-order valence-corrected chi connectivity index (χ0v) is 9.97. The summed E-state index contributed by atoms with van der Waals surface area (Å²) in [5.74, 6) is -0.182. The molecule has 0 heterocycles. The van der Waals surface area contributed by atoms with E-state index in [-0.39, 0.29) is 5.91 Å². The van der Waals surface area contributed by atoms with Crippen LogP contribution in [0.5, 0.6) is 0 Å².